The number of rotatable bonds is 6. The molecule has 1 atom stereocenters. The Labute approximate surface area is 157 Å². The van der Waals surface area contributed by atoms with E-state index in [1.807, 2.05) is 18.7 Å². The number of sulfonamides is 1. The zero-order valence-electron chi connectivity index (χ0n) is 14.9. The molecule has 0 aromatic heterocycles. The van der Waals surface area contributed by atoms with Gasteiger partial charge in [0.25, 0.3) is 0 Å². The number of halogens is 3. The summed E-state index contributed by atoms with van der Waals surface area (Å²) in [7, 11) is -5.21. The lowest BCUT2D eigenvalue weighted by Gasteiger charge is -2.31. The number of alkyl halides is 3. The van der Waals surface area contributed by atoms with Crippen LogP contribution in [0.3, 0.4) is 0 Å². The van der Waals surface area contributed by atoms with Crippen molar-refractivity contribution in [2.75, 3.05) is 38.5 Å². The van der Waals surface area contributed by atoms with Crippen LogP contribution < -0.4 is 10.6 Å². The number of hydrogen-bond donors (Lipinski definition) is 2. The summed E-state index contributed by atoms with van der Waals surface area (Å²) in [6.07, 6.45) is 3.21. The number of hydrogen-bond acceptors (Lipinski definition) is 4. The van der Waals surface area contributed by atoms with Gasteiger partial charge in [-0.2, -0.15) is 29.2 Å². The molecule has 26 heavy (non-hydrogen) atoms. The zero-order valence-corrected chi connectivity index (χ0v) is 16.5. The average Bonchev–Trinajstić information content (AvgIpc) is 3.10. The highest BCUT2D eigenvalue weighted by molar-refractivity contribution is 8.00. The summed E-state index contributed by atoms with van der Waals surface area (Å²) in [5, 5.41) is 7.08. The van der Waals surface area contributed by atoms with Crippen LogP contribution in [0, 0.1) is 5.92 Å². The van der Waals surface area contributed by atoms with Crippen LogP contribution in [0.25, 0.3) is 0 Å². The number of piperidine rings is 1. The second-order valence-corrected chi connectivity index (χ2v) is 9.87. The summed E-state index contributed by atoms with van der Waals surface area (Å²) in [5.41, 5.74) is -5.22. The lowest BCUT2D eigenvalue weighted by Crippen LogP contribution is -2.45. The second-order valence-electron chi connectivity index (χ2n) is 6.53. The standard InChI is InChI=1S/C15H27F3N4O2S2/c1-2-19-14(21-11-13-4-3-9-25-13)20-10-12-5-7-22(8-6-12)26(23,24)15(16,17)18/h12-13H,2-11H2,1H3,(H2,19,20,21). The summed E-state index contributed by atoms with van der Waals surface area (Å²) >= 11 is 1.95. The fourth-order valence-electron chi connectivity index (χ4n) is 3.06. The van der Waals surface area contributed by atoms with Crippen LogP contribution in [0.15, 0.2) is 4.99 Å². The topological polar surface area (TPSA) is 73.8 Å². The third-order valence-corrected chi connectivity index (χ3v) is 7.61. The van der Waals surface area contributed by atoms with Crippen molar-refractivity contribution in [3.63, 3.8) is 0 Å². The van der Waals surface area contributed by atoms with Gasteiger partial charge in [-0.25, -0.2) is 8.42 Å². The summed E-state index contributed by atoms with van der Waals surface area (Å²) in [6, 6.07) is 0. The highest BCUT2D eigenvalue weighted by Crippen LogP contribution is 2.30. The molecular weight excluding hydrogens is 389 g/mol. The monoisotopic (exact) mass is 416 g/mol. The van der Waals surface area contributed by atoms with Gasteiger partial charge < -0.3 is 10.6 Å². The van der Waals surface area contributed by atoms with Gasteiger partial charge >= 0.3 is 15.5 Å². The predicted octanol–water partition coefficient (Wildman–Crippen LogP) is 2.00. The average molecular weight is 417 g/mol. The van der Waals surface area contributed by atoms with E-state index in [4.69, 9.17) is 0 Å². The van der Waals surface area contributed by atoms with Crippen molar-refractivity contribution in [1.29, 1.82) is 0 Å². The third-order valence-electron chi connectivity index (χ3n) is 4.58. The Morgan fingerprint density at radius 3 is 2.46 bits per heavy atom. The molecule has 0 amide bonds. The Hall–Kier alpha value is -0.680. The Balaban J connectivity index is 1.81. The van der Waals surface area contributed by atoms with E-state index in [0.717, 1.165) is 13.1 Å². The van der Waals surface area contributed by atoms with E-state index in [1.54, 1.807) is 0 Å². The first-order valence-corrected chi connectivity index (χ1v) is 11.4. The van der Waals surface area contributed by atoms with Gasteiger partial charge in [0.1, 0.15) is 0 Å². The number of nitrogens with zero attached hydrogens (tertiary/aromatic N) is 2. The molecule has 2 saturated heterocycles. The Morgan fingerprint density at radius 2 is 1.92 bits per heavy atom. The quantitative estimate of drug-likeness (QED) is 0.512. The molecule has 2 rings (SSSR count). The maximum atomic E-state index is 12.6. The van der Waals surface area contributed by atoms with Gasteiger partial charge in [0.2, 0.25) is 0 Å². The summed E-state index contributed by atoms with van der Waals surface area (Å²) < 4.78 is 61.2. The fourth-order valence-corrected chi connectivity index (χ4v) is 5.24. The largest absolute Gasteiger partial charge is 0.511 e. The van der Waals surface area contributed by atoms with Crippen molar-refractivity contribution < 1.29 is 21.6 Å². The Morgan fingerprint density at radius 1 is 1.23 bits per heavy atom. The first kappa shape index (κ1) is 21.6. The Bertz CT molecular complexity index is 570. The molecule has 2 heterocycles. The van der Waals surface area contributed by atoms with Crippen molar-refractivity contribution in [2.45, 2.75) is 43.4 Å². The molecular formula is C15H27F3N4O2S2. The molecule has 2 N–H and O–H groups in total. The van der Waals surface area contributed by atoms with Crippen LogP contribution in [-0.2, 0) is 10.0 Å². The lowest BCUT2D eigenvalue weighted by molar-refractivity contribution is -0.0496. The molecule has 11 heteroatoms. The van der Waals surface area contributed by atoms with Crippen molar-refractivity contribution in [3.05, 3.63) is 0 Å². The molecule has 2 aliphatic rings. The zero-order chi connectivity index (χ0) is 19.2. The lowest BCUT2D eigenvalue weighted by atomic mass is 9.98. The minimum absolute atomic E-state index is 0.0889. The molecule has 0 aromatic carbocycles. The van der Waals surface area contributed by atoms with Gasteiger partial charge in [-0.15, -0.1) is 0 Å². The van der Waals surface area contributed by atoms with Crippen LogP contribution in [0.4, 0.5) is 13.2 Å². The van der Waals surface area contributed by atoms with Crippen LogP contribution in [0.2, 0.25) is 0 Å². The molecule has 152 valence electrons. The normalized spacial score (nSPS) is 24.0. The first-order valence-electron chi connectivity index (χ1n) is 8.94. The molecule has 0 bridgehead atoms. The van der Waals surface area contributed by atoms with Gasteiger partial charge in [-0.05, 0) is 44.3 Å². The van der Waals surface area contributed by atoms with Crippen molar-refractivity contribution in [3.8, 4) is 0 Å². The maximum absolute atomic E-state index is 12.6. The minimum Gasteiger partial charge on any atom is -0.357 e. The number of guanidine groups is 1. The van der Waals surface area contributed by atoms with Gasteiger partial charge in [-0.1, -0.05) is 0 Å². The van der Waals surface area contributed by atoms with Crippen LogP contribution in [0.1, 0.15) is 32.6 Å². The minimum atomic E-state index is -5.22. The predicted molar refractivity (Wildman–Crippen MR) is 98.7 cm³/mol. The fraction of sp³-hybridized carbons (Fsp3) is 0.933. The molecule has 1 unspecified atom stereocenters. The third kappa shape index (κ3) is 5.91. The van der Waals surface area contributed by atoms with E-state index < -0.39 is 15.5 Å². The SMILES string of the molecule is CCNC(=NCC1CCN(S(=O)(=O)C(F)(F)F)CC1)NCC1CCCS1. The van der Waals surface area contributed by atoms with E-state index in [1.165, 1.54) is 18.6 Å². The molecule has 0 aromatic rings. The van der Waals surface area contributed by atoms with Crippen LogP contribution >= 0.6 is 11.8 Å². The van der Waals surface area contributed by atoms with Crippen molar-refractivity contribution in [2.24, 2.45) is 10.9 Å². The summed E-state index contributed by atoms with van der Waals surface area (Å²) in [4.78, 5) is 4.53. The van der Waals surface area contributed by atoms with Gasteiger partial charge in [0.15, 0.2) is 5.96 Å². The van der Waals surface area contributed by atoms with Gasteiger partial charge in [0, 0.05) is 38.0 Å². The van der Waals surface area contributed by atoms with E-state index in [2.05, 4.69) is 15.6 Å². The number of aliphatic imine (C=N–C) groups is 1. The number of nitrogens with one attached hydrogen (secondary N) is 2. The van der Waals surface area contributed by atoms with Gasteiger partial charge in [0.05, 0.1) is 0 Å². The van der Waals surface area contributed by atoms with E-state index in [-0.39, 0.29) is 19.0 Å². The molecule has 2 fully saturated rings. The summed E-state index contributed by atoms with van der Waals surface area (Å²) in [6.45, 7) is 3.81. The van der Waals surface area contributed by atoms with E-state index >= 15 is 0 Å². The van der Waals surface area contributed by atoms with E-state index in [0.29, 0.717) is 34.9 Å². The Kier molecular flexibility index (Phi) is 7.90. The molecule has 0 saturated carbocycles. The van der Waals surface area contributed by atoms with Crippen molar-refractivity contribution in [1.82, 2.24) is 14.9 Å². The van der Waals surface area contributed by atoms with Gasteiger partial charge in [-0.3, -0.25) is 4.99 Å². The first-order chi connectivity index (χ1) is 12.2. The summed E-state index contributed by atoms with van der Waals surface area (Å²) in [5.74, 6) is 2.00. The molecule has 2 aliphatic heterocycles. The van der Waals surface area contributed by atoms with Crippen molar-refractivity contribution >= 4 is 27.7 Å². The van der Waals surface area contributed by atoms with E-state index in [9.17, 15) is 21.6 Å². The molecule has 0 spiro atoms. The van der Waals surface area contributed by atoms with Crippen LogP contribution in [0.5, 0.6) is 0 Å². The maximum Gasteiger partial charge on any atom is 0.511 e. The highest BCUT2D eigenvalue weighted by atomic mass is 32.2. The highest BCUT2D eigenvalue weighted by Gasteiger charge is 2.50. The smallest absolute Gasteiger partial charge is 0.357 e. The molecule has 6 nitrogen and oxygen atoms in total. The van der Waals surface area contributed by atoms with Crippen LogP contribution in [-0.4, -0.2) is 67.9 Å². The second kappa shape index (κ2) is 9.50. The number of thioether (sulfide) groups is 1. The molecule has 0 radical (unpaired) electrons. The molecule has 0 aliphatic carbocycles.